The average molecular weight is 378 g/mol. The third kappa shape index (κ3) is 4.84. The number of carboxylic acid groups (broad SMARTS) is 1. The summed E-state index contributed by atoms with van der Waals surface area (Å²) < 4.78 is 0. The molecule has 1 N–H and O–H groups in total. The van der Waals surface area contributed by atoms with Crippen LogP contribution in [0.5, 0.6) is 0 Å². The zero-order valence-corrected chi connectivity index (χ0v) is 16.2. The van der Waals surface area contributed by atoms with Crippen molar-refractivity contribution in [3.05, 3.63) is 71.7 Å². The van der Waals surface area contributed by atoms with Crippen LogP contribution in [-0.2, 0) is 0 Å². The molecule has 2 heterocycles. The van der Waals surface area contributed by atoms with Crippen molar-refractivity contribution in [1.29, 1.82) is 0 Å². The quantitative estimate of drug-likeness (QED) is 0.712. The molecule has 0 unspecified atom stereocenters. The number of rotatable bonds is 8. The maximum absolute atomic E-state index is 11.2. The van der Waals surface area contributed by atoms with Gasteiger partial charge in [-0.3, -0.25) is 14.9 Å². The standard InChI is InChI=1S/C22H26N4O2/c1-23-20(19-15-18(22(27)28)10-11-24-19)16-25(2)13-14-26-12-6-9-21(26)17-7-4-3-5-8-17/h3-5,7-8,10-11,15-16,21H,1,6,9,12-14H2,2H3,(H,27,28)/b20-16-/t21-/m0/s1. The van der Waals surface area contributed by atoms with Crippen molar-refractivity contribution in [3.8, 4) is 0 Å². The first-order valence-electron chi connectivity index (χ1n) is 9.46. The van der Waals surface area contributed by atoms with Crippen LogP contribution in [0.4, 0.5) is 0 Å². The predicted molar refractivity (Wildman–Crippen MR) is 111 cm³/mol. The fourth-order valence-corrected chi connectivity index (χ4v) is 3.60. The van der Waals surface area contributed by atoms with Crippen molar-refractivity contribution in [2.24, 2.45) is 4.99 Å². The van der Waals surface area contributed by atoms with E-state index < -0.39 is 5.97 Å². The van der Waals surface area contributed by atoms with Gasteiger partial charge in [-0.25, -0.2) is 4.79 Å². The number of carboxylic acids is 1. The number of hydrogen-bond donors (Lipinski definition) is 1. The number of aliphatic imine (C=N–C) groups is 1. The summed E-state index contributed by atoms with van der Waals surface area (Å²) >= 11 is 0. The number of carbonyl (C=O) groups is 1. The van der Waals surface area contributed by atoms with Gasteiger partial charge in [-0.1, -0.05) is 30.3 Å². The topological polar surface area (TPSA) is 69.0 Å². The lowest BCUT2D eigenvalue weighted by molar-refractivity contribution is 0.0696. The number of likely N-dealkylation sites (N-methyl/N-ethyl adjacent to an activating group) is 1. The molecule has 1 fully saturated rings. The van der Waals surface area contributed by atoms with Gasteiger partial charge in [-0.15, -0.1) is 0 Å². The van der Waals surface area contributed by atoms with Crippen LogP contribution in [0.25, 0.3) is 5.70 Å². The first kappa shape index (κ1) is 19.8. The second-order valence-corrected chi connectivity index (χ2v) is 6.99. The van der Waals surface area contributed by atoms with Crippen LogP contribution in [0, 0.1) is 0 Å². The van der Waals surface area contributed by atoms with Gasteiger partial charge in [0.15, 0.2) is 0 Å². The number of benzene rings is 1. The molecule has 1 aliphatic rings. The maximum Gasteiger partial charge on any atom is 0.335 e. The Morgan fingerprint density at radius 3 is 2.89 bits per heavy atom. The molecule has 0 bridgehead atoms. The number of hydrogen-bond acceptors (Lipinski definition) is 5. The zero-order chi connectivity index (χ0) is 19.9. The number of aromatic nitrogens is 1. The van der Waals surface area contributed by atoms with Crippen LogP contribution in [0.15, 0.2) is 59.9 Å². The van der Waals surface area contributed by atoms with Gasteiger partial charge < -0.3 is 10.0 Å². The summed E-state index contributed by atoms with van der Waals surface area (Å²) in [5, 5.41) is 9.16. The van der Waals surface area contributed by atoms with Gasteiger partial charge >= 0.3 is 5.97 Å². The van der Waals surface area contributed by atoms with Crippen molar-refractivity contribution >= 4 is 18.4 Å². The monoisotopic (exact) mass is 378 g/mol. The Morgan fingerprint density at radius 2 is 2.18 bits per heavy atom. The molecule has 0 saturated carbocycles. The fraction of sp³-hybridized carbons (Fsp3) is 0.318. The third-order valence-corrected chi connectivity index (χ3v) is 5.07. The molecule has 1 aliphatic heterocycles. The van der Waals surface area contributed by atoms with Gasteiger partial charge in [0.05, 0.1) is 11.3 Å². The lowest BCUT2D eigenvalue weighted by Gasteiger charge is -2.27. The van der Waals surface area contributed by atoms with Crippen LogP contribution in [0.1, 0.15) is 40.5 Å². The van der Waals surface area contributed by atoms with Crippen LogP contribution in [-0.4, -0.2) is 59.3 Å². The Balaban J connectivity index is 1.65. The van der Waals surface area contributed by atoms with Gasteiger partial charge in [-0.2, -0.15) is 0 Å². The first-order chi connectivity index (χ1) is 13.6. The molecule has 6 heteroatoms. The number of nitrogens with zero attached hydrogens (tertiary/aromatic N) is 4. The number of aromatic carboxylic acids is 1. The number of likely N-dealkylation sites (tertiary alicyclic amines) is 1. The molecule has 1 saturated heterocycles. The van der Waals surface area contributed by atoms with Gasteiger partial charge in [0.2, 0.25) is 0 Å². The second-order valence-electron chi connectivity index (χ2n) is 6.99. The SMILES string of the molecule is C=N/C(=C\N(C)CCN1CCC[C@H]1c1ccccc1)c1cc(C(=O)O)ccn1. The van der Waals surface area contributed by atoms with Crippen molar-refractivity contribution in [2.45, 2.75) is 18.9 Å². The molecule has 2 aromatic rings. The fourth-order valence-electron chi connectivity index (χ4n) is 3.60. The summed E-state index contributed by atoms with van der Waals surface area (Å²) in [6, 6.07) is 14.1. The lowest BCUT2D eigenvalue weighted by Crippen LogP contribution is -2.31. The summed E-state index contributed by atoms with van der Waals surface area (Å²) in [4.78, 5) is 24.0. The molecule has 1 atom stereocenters. The van der Waals surface area contributed by atoms with E-state index >= 15 is 0 Å². The minimum atomic E-state index is -0.985. The highest BCUT2D eigenvalue weighted by Gasteiger charge is 2.25. The molecule has 28 heavy (non-hydrogen) atoms. The summed E-state index contributed by atoms with van der Waals surface area (Å²) in [5.74, 6) is -0.985. The molecule has 1 aromatic carbocycles. The van der Waals surface area contributed by atoms with Crippen LogP contribution in [0.2, 0.25) is 0 Å². The largest absolute Gasteiger partial charge is 0.478 e. The number of pyridine rings is 1. The van der Waals surface area contributed by atoms with Crippen molar-refractivity contribution in [3.63, 3.8) is 0 Å². The molecule has 146 valence electrons. The van der Waals surface area contributed by atoms with Crippen LogP contribution < -0.4 is 0 Å². The summed E-state index contributed by atoms with van der Waals surface area (Å²) in [5.41, 5.74) is 2.63. The maximum atomic E-state index is 11.2. The van der Waals surface area contributed by atoms with Crippen molar-refractivity contribution in [2.75, 3.05) is 26.7 Å². The first-order valence-corrected chi connectivity index (χ1v) is 9.46. The third-order valence-electron chi connectivity index (χ3n) is 5.07. The minimum Gasteiger partial charge on any atom is -0.478 e. The molecule has 1 aromatic heterocycles. The summed E-state index contributed by atoms with van der Waals surface area (Å²) in [7, 11) is 1.99. The molecular weight excluding hydrogens is 352 g/mol. The van der Waals surface area contributed by atoms with Crippen LogP contribution >= 0.6 is 0 Å². The Bertz CT molecular complexity index is 851. The Hall–Kier alpha value is -2.99. The highest BCUT2D eigenvalue weighted by molar-refractivity contribution is 5.88. The van der Waals surface area contributed by atoms with Crippen LogP contribution in [0.3, 0.4) is 0 Å². The highest BCUT2D eigenvalue weighted by atomic mass is 16.4. The van der Waals surface area contributed by atoms with E-state index in [-0.39, 0.29) is 5.56 Å². The predicted octanol–water partition coefficient (Wildman–Crippen LogP) is 3.55. The van der Waals surface area contributed by atoms with E-state index in [0.29, 0.717) is 17.4 Å². The Morgan fingerprint density at radius 1 is 1.39 bits per heavy atom. The molecule has 3 rings (SSSR count). The van der Waals surface area contributed by atoms with E-state index in [1.165, 1.54) is 36.7 Å². The van der Waals surface area contributed by atoms with E-state index in [9.17, 15) is 4.79 Å². The average Bonchev–Trinajstić information content (AvgIpc) is 3.20. The minimum absolute atomic E-state index is 0.185. The normalized spacial score (nSPS) is 17.5. The Kier molecular flexibility index (Phi) is 6.55. The summed E-state index contributed by atoms with van der Waals surface area (Å²) in [6.07, 6.45) is 5.75. The van der Waals surface area contributed by atoms with Gasteiger partial charge in [0.1, 0.15) is 5.70 Å². The molecule has 0 radical (unpaired) electrons. The summed E-state index contributed by atoms with van der Waals surface area (Å²) in [6.45, 7) is 6.49. The second kappa shape index (κ2) is 9.28. The van der Waals surface area contributed by atoms with Gasteiger partial charge in [0, 0.05) is 38.6 Å². The molecule has 6 nitrogen and oxygen atoms in total. The molecule has 0 amide bonds. The van der Waals surface area contributed by atoms with E-state index in [1.807, 2.05) is 13.2 Å². The molecule has 0 aliphatic carbocycles. The van der Waals surface area contributed by atoms with Gasteiger partial charge in [-0.05, 0) is 43.8 Å². The lowest BCUT2D eigenvalue weighted by atomic mass is 10.0. The van der Waals surface area contributed by atoms with E-state index in [2.05, 4.69) is 56.8 Å². The van der Waals surface area contributed by atoms with E-state index in [4.69, 9.17) is 5.11 Å². The molecule has 0 spiro atoms. The Labute approximate surface area is 165 Å². The van der Waals surface area contributed by atoms with E-state index in [0.717, 1.165) is 19.6 Å². The van der Waals surface area contributed by atoms with Crippen molar-refractivity contribution < 1.29 is 9.90 Å². The smallest absolute Gasteiger partial charge is 0.335 e. The zero-order valence-electron chi connectivity index (χ0n) is 16.2. The van der Waals surface area contributed by atoms with Crippen molar-refractivity contribution in [1.82, 2.24) is 14.8 Å². The molecular formula is C22H26N4O2. The van der Waals surface area contributed by atoms with Gasteiger partial charge in [0.25, 0.3) is 0 Å². The highest BCUT2D eigenvalue weighted by Crippen LogP contribution is 2.31. The van der Waals surface area contributed by atoms with E-state index in [1.54, 1.807) is 0 Å².